The van der Waals surface area contributed by atoms with Crippen molar-refractivity contribution >= 4 is 12.6 Å². The SMILES string of the molecule is Cc1cncc(COc2ccccc2B(O)O)c1. The average Bonchev–Trinajstić information content (AvgIpc) is 2.37. The van der Waals surface area contributed by atoms with E-state index in [4.69, 9.17) is 4.74 Å². The maximum Gasteiger partial charge on any atom is 0.492 e. The van der Waals surface area contributed by atoms with Crippen LogP contribution >= 0.6 is 0 Å². The summed E-state index contributed by atoms with van der Waals surface area (Å²) in [6.07, 6.45) is 3.50. The van der Waals surface area contributed by atoms with E-state index < -0.39 is 7.12 Å². The van der Waals surface area contributed by atoms with Crippen LogP contribution in [0.3, 0.4) is 0 Å². The third-order valence-corrected chi connectivity index (χ3v) is 2.52. The Balaban J connectivity index is 2.11. The summed E-state index contributed by atoms with van der Waals surface area (Å²) in [6, 6.07) is 8.82. The van der Waals surface area contributed by atoms with Gasteiger partial charge in [-0.25, -0.2) is 0 Å². The highest BCUT2D eigenvalue weighted by atomic mass is 16.5. The van der Waals surface area contributed by atoms with Crippen LogP contribution in [0, 0.1) is 6.92 Å². The molecule has 92 valence electrons. The average molecular weight is 243 g/mol. The number of aromatic nitrogens is 1. The maximum absolute atomic E-state index is 9.21. The Morgan fingerprint density at radius 1 is 1.22 bits per heavy atom. The zero-order valence-electron chi connectivity index (χ0n) is 10.1. The smallest absolute Gasteiger partial charge is 0.489 e. The fourth-order valence-electron chi connectivity index (χ4n) is 1.68. The zero-order valence-corrected chi connectivity index (χ0v) is 10.1. The maximum atomic E-state index is 9.21. The van der Waals surface area contributed by atoms with E-state index in [1.54, 1.807) is 36.7 Å². The van der Waals surface area contributed by atoms with Gasteiger partial charge in [-0.05, 0) is 24.6 Å². The minimum atomic E-state index is -1.53. The predicted octanol–water partition coefficient (Wildman–Crippen LogP) is 0.649. The van der Waals surface area contributed by atoms with Crippen LogP contribution in [0.15, 0.2) is 42.7 Å². The summed E-state index contributed by atoms with van der Waals surface area (Å²) in [5.74, 6) is 0.467. The second-order valence-electron chi connectivity index (χ2n) is 4.07. The van der Waals surface area contributed by atoms with Gasteiger partial charge in [0.2, 0.25) is 0 Å². The first-order valence-corrected chi connectivity index (χ1v) is 5.65. The lowest BCUT2D eigenvalue weighted by atomic mass is 9.79. The molecule has 0 aliphatic rings. The lowest BCUT2D eigenvalue weighted by Gasteiger charge is -2.10. The first kappa shape index (κ1) is 12.6. The molecule has 0 fully saturated rings. The van der Waals surface area contributed by atoms with E-state index in [1.165, 1.54) is 0 Å². The van der Waals surface area contributed by atoms with Crippen LogP contribution in [0.25, 0.3) is 0 Å². The highest BCUT2D eigenvalue weighted by Gasteiger charge is 2.16. The number of hydrogen-bond donors (Lipinski definition) is 2. The minimum Gasteiger partial charge on any atom is -0.489 e. The first-order chi connectivity index (χ1) is 8.66. The van der Waals surface area contributed by atoms with Gasteiger partial charge in [-0.2, -0.15) is 0 Å². The second kappa shape index (κ2) is 5.66. The number of rotatable bonds is 4. The van der Waals surface area contributed by atoms with Crippen molar-refractivity contribution in [3.8, 4) is 5.75 Å². The van der Waals surface area contributed by atoms with Crippen LogP contribution in [-0.2, 0) is 6.61 Å². The van der Waals surface area contributed by atoms with Crippen molar-refractivity contribution in [1.82, 2.24) is 4.98 Å². The molecule has 4 nitrogen and oxygen atoms in total. The fraction of sp³-hybridized carbons (Fsp3) is 0.154. The molecule has 0 spiro atoms. The molecule has 1 aromatic heterocycles. The molecule has 2 aromatic rings. The van der Waals surface area contributed by atoms with E-state index in [-0.39, 0.29) is 0 Å². The van der Waals surface area contributed by atoms with Crippen LogP contribution in [-0.4, -0.2) is 22.2 Å². The molecule has 0 saturated carbocycles. The van der Waals surface area contributed by atoms with Gasteiger partial charge in [0.05, 0.1) is 0 Å². The third-order valence-electron chi connectivity index (χ3n) is 2.52. The molecule has 0 radical (unpaired) electrons. The molecular weight excluding hydrogens is 229 g/mol. The first-order valence-electron chi connectivity index (χ1n) is 5.65. The molecule has 0 amide bonds. The molecule has 5 heteroatoms. The molecule has 0 saturated heterocycles. The van der Waals surface area contributed by atoms with Crippen molar-refractivity contribution in [2.24, 2.45) is 0 Å². The highest BCUT2D eigenvalue weighted by Crippen LogP contribution is 2.10. The van der Waals surface area contributed by atoms with Gasteiger partial charge < -0.3 is 14.8 Å². The second-order valence-corrected chi connectivity index (χ2v) is 4.07. The van der Waals surface area contributed by atoms with Crippen molar-refractivity contribution in [1.29, 1.82) is 0 Å². The Morgan fingerprint density at radius 2 is 2.00 bits per heavy atom. The van der Waals surface area contributed by atoms with Crippen molar-refractivity contribution < 1.29 is 14.8 Å². The molecular formula is C13H14BNO3. The molecule has 1 aromatic carbocycles. The summed E-state index contributed by atoms with van der Waals surface area (Å²) < 4.78 is 5.58. The molecule has 0 unspecified atom stereocenters. The van der Waals surface area contributed by atoms with E-state index in [1.807, 2.05) is 13.0 Å². The lowest BCUT2D eigenvalue weighted by molar-refractivity contribution is 0.306. The summed E-state index contributed by atoms with van der Waals surface area (Å²) in [5.41, 5.74) is 2.36. The number of aryl methyl sites for hydroxylation is 1. The Kier molecular flexibility index (Phi) is 3.97. The molecule has 1 heterocycles. The molecule has 0 aliphatic carbocycles. The summed E-state index contributed by atoms with van der Waals surface area (Å²) in [7, 11) is -1.53. The molecule has 0 atom stereocenters. The van der Waals surface area contributed by atoms with Crippen molar-refractivity contribution in [2.45, 2.75) is 13.5 Å². The van der Waals surface area contributed by atoms with Gasteiger partial charge >= 0.3 is 7.12 Å². The fourth-order valence-corrected chi connectivity index (χ4v) is 1.68. The van der Waals surface area contributed by atoms with E-state index >= 15 is 0 Å². The van der Waals surface area contributed by atoms with Gasteiger partial charge in [0.15, 0.2) is 0 Å². The van der Waals surface area contributed by atoms with Crippen LogP contribution in [0.2, 0.25) is 0 Å². The van der Waals surface area contributed by atoms with Crippen molar-refractivity contribution in [2.75, 3.05) is 0 Å². The summed E-state index contributed by atoms with van der Waals surface area (Å²) in [4.78, 5) is 4.08. The number of hydrogen-bond acceptors (Lipinski definition) is 4. The quantitative estimate of drug-likeness (QED) is 0.774. The topological polar surface area (TPSA) is 62.6 Å². The molecule has 0 bridgehead atoms. The van der Waals surface area contributed by atoms with Crippen molar-refractivity contribution in [3.63, 3.8) is 0 Å². The van der Waals surface area contributed by atoms with Gasteiger partial charge in [0, 0.05) is 23.4 Å². The Morgan fingerprint density at radius 3 is 2.72 bits per heavy atom. The largest absolute Gasteiger partial charge is 0.492 e. The molecule has 18 heavy (non-hydrogen) atoms. The molecule has 0 aliphatic heterocycles. The third kappa shape index (κ3) is 3.09. The van der Waals surface area contributed by atoms with Gasteiger partial charge in [-0.1, -0.05) is 18.2 Å². The van der Waals surface area contributed by atoms with Gasteiger partial charge in [0.25, 0.3) is 0 Å². The van der Waals surface area contributed by atoms with Crippen LogP contribution in [0.1, 0.15) is 11.1 Å². The van der Waals surface area contributed by atoms with Crippen molar-refractivity contribution in [3.05, 3.63) is 53.9 Å². The number of benzene rings is 1. The minimum absolute atomic E-state index is 0.346. The molecule has 2 N–H and O–H groups in total. The number of pyridine rings is 1. The van der Waals surface area contributed by atoms with Gasteiger partial charge in [-0.3, -0.25) is 4.98 Å². The monoisotopic (exact) mass is 243 g/mol. The summed E-state index contributed by atoms with van der Waals surface area (Å²) in [5, 5.41) is 18.4. The summed E-state index contributed by atoms with van der Waals surface area (Å²) in [6.45, 7) is 2.31. The van der Waals surface area contributed by atoms with E-state index in [9.17, 15) is 10.0 Å². The summed E-state index contributed by atoms with van der Waals surface area (Å²) >= 11 is 0. The standard InChI is InChI=1S/C13H14BNO3/c1-10-6-11(8-15-7-10)9-18-13-5-3-2-4-12(13)14(16)17/h2-8,16-17H,9H2,1H3. The van der Waals surface area contributed by atoms with Gasteiger partial charge in [-0.15, -0.1) is 0 Å². The zero-order chi connectivity index (χ0) is 13.0. The Bertz CT molecular complexity index is 531. The van der Waals surface area contributed by atoms with E-state index in [0.29, 0.717) is 17.8 Å². The number of nitrogens with zero attached hydrogens (tertiary/aromatic N) is 1. The van der Waals surface area contributed by atoms with E-state index in [0.717, 1.165) is 11.1 Å². The predicted molar refractivity (Wildman–Crippen MR) is 69.6 cm³/mol. The Hall–Kier alpha value is -1.85. The normalized spacial score (nSPS) is 10.2. The van der Waals surface area contributed by atoms with Crippen LogP contribution in [0.4, 0.5) is 0 Å². The highest BCUT2D eigenvalue weighted by molar-refractivity contribution is 6.59. The number of ether oxygens (including phenoxy) is 1. The Labute approximate surface area is 106 Å². The molecule has 2 rings (SSSR count). The van der Waals surface area contributed by atoms with Gasteiger partial charge in [0.1, 0.15) is 12.4 Å². The van der Waals surface area contributed by atoms with Crippen LogP contribution in [0.5, 0.6) is 5.75 Å². The van der Waals surface area contributed by atoms with E-state index in [2.05, 4.69) is 4.98 Å². The number of para-hydroxylation sites is 1. The van der Waals surface area contributed by atoms with Crippen LogP contribution < -0.4 is 10.2 Å². The lowest BCUT2D eigenvalue weighted by Crippen LogP contribution is -2.31.